The number of amides is 2. The number of hydrogen-bond acceptors (Lipinski definition) is 7. The minimum atomic E-state index is -1.17. The zero-order valence-corrected chi connectivity index (χ0v) is 25.8. The smallest absolute Gasteiger partial charge is 0.407 e. The van der Waals surface area contributed by atoms with Crippen LogP contribution in [0, 0.1) is 31.1 Å². The predicted octanol–water partition coefficient (Wildman–Crippen LogP) is 5.34. The Balaban J connectivity index is 1.57. The van der Waals surface area contributed by atoms with Crippen LogP contribution < -0.4 is 5.32 Å². The van der Waals surface area contributed by atoms with Crippen molar-refractivity contribution in [2.75, 3.05) is 11.9 Å². The van der Waals surface area contributed by atoms with E-state index in [9.17, 15) is 14.7 Å². The van der Waals surface area contributed by atoms with Crippen LogP contribution in [-0.4, -0.2) is 64.3 Å². The Kier molecular flexibility index (Phi) is 8.02. The second-order valence-corrected chi connectivity index (χ2v) is 12.0. The number of aryl methyl sites for hydroxylation is 3. The summed E-state index contributed by atoms with van der Waals surface area (Å²) in [6, 6.07) is 10.4. The molecule has 44 heavy (non-hydrogen) atoms. The first-order valence-corrected chi connectivity index (χ1v) is 14.2. The lowest BCUT2D eigenvalue weighted by atomic mass is 9.95. The van der Waals surface area contributed by atoms with E-state index in [1.54, 1.807) is 29.9 Å². The van der Waals surface area contributed by atoms with Gasteiger partial charge in [0.15, 0.2) is 0 Å². The number of hydrogen-bond donors (Lipinski definition) is 2. The van der Waals surface area contributed by atoms with Crippen LogP contribution in [-0.2, 0) is 11.8 Å². The van der Waals surface area contributed by atoms with Crippen molar-refractivity contribution in [3.05, 3.63) is 71.6 Å². The molecule has 11 nitrogen and oxygen atoms in total. The second kappa shape index (κ2) is 11.7. The van der Waals surface area contributed by atoms with Gasteiger partial charge in [-0.05, 0) is 67.8 Å². The van der Waals surface area contributed by atoms with E-state index in [1.807, 2.05) is 65.9 Å². The van der Waals surface area contributed by atoms with E-state index in [0.717, 1.165) is 38.1 Å². The molecule has 0 saturated carbocycles. The number of nitrogens with one attached hydrogen (secondary N) is 1. The number of aromatic nitrogens is 6. The Morgan fingerprint density at radius 2 is 1.82 bits per heavy atom. The average Bonchev–Trinajstić information content (AvgIpc) is 3.26. The van der Waals surface area contributed by atoms with Gasteiger partial charge in [0.1, 0.15) is 34.9 Å². The SMILES string of the molecule is Cc1nccc2cc(C#Cc3cc(-c4ncnc5c(C)nn(C)c45)cc(NC(=O)C(C)N(CC(C)(C)C)C(=O)O)n3)ccc12. The van der Waals surface area contributed by atoms with Crippen LogP contribution >= 0.6 is 0 Å². The summed E-state index contributed by atoms with van der Waals surface area (Å²) in [7, 11) is 1.82. The van der Waals surface area contributed by atoms with Gasteiger partial charge < -0.3 is 10.4 Å². The van der Waals surface area contributed by atoms with Gasteiger partial charge in [0.25, 0.3) is 0 Å². The molecule has 4 heterocycles. The van der Waals surface area contributed by atoms with Gasteiger partial charge in [-0.15, -0.1) is 0 Å². The molecule has 224 valence electrons. The molecule has 0 spiro atoms. The zero-order valence-electron chi connectivity index (χ0n) is 25.8. The highest BCUT2D eigenvalue weighted by atomic mass is 16.4. The normalized spacial score (nSPS) is 12.1. The third-order valence-corrected chi connectivity index (χ3v) is 7.17. The Bertz CT molecular complexity index is 1980. The minimum Gasteiger partial charge on any atom is -0.465 e. The molecule has 0 radical (unpaired) electrons. The van der Waals surface area contributed by atoms with Crippen LogP contribution in [0.4, 0.5) is 10.6 Å². The predicted molar refractivity (Wildman–Crippen MR) is 169 cm³/mol. The molecular weight excluding hydrogens is 556 g/mol. The number of pyridine rings is 2. The van der Waals surface area contributed by atoms with Crippen molar-refractivity contribution in [3.63, 3.8) is 0 Å². The van der Waals surface area contributed by atoms with Crippen LogP contribution in [0.25, 0.3) is 33.1 Å². The van der Waals surface area contributed by atoms with Crippen molar-refractivity contribution in [3.8, 4) is 23.1 Å². The van der Waals surface area contributed by atoms with E-state index in [2.05, 4.69) is 42.2 Å². The lowest BCUT2D eigenvalue weighted by Crippen LogP contribution is -2.48. The first-order valence-electron chi connectivity index (χ1n) is 14.2. The van der Waals surface area contributed by atoms with Crippen LogP contribution in [0.3, 0.4) is 0 Å². The topological polar surface area (TPSA) is 139 Å². The molecule has 2 N–H and O–H groups in total. The number of rotatable bonds is 5. The number of fused-ring (bicyclic) bond motifs is 2. The first kappa shape index (κ1) is 30.1. The number of carboxylic acid groups (broad SMARTS) is 1. The van der Waals surface area contributed by atoms with E-state index in [1.165, 1.54) is 6.33 Å². The van der Waals surface area contributed by atoms with Gasteiger partial charge in [0, 0.05) is 42.0 Å². The van der Waals surface area contributed by atoms with Crippen LogP contribution in [0.15, 0.2) is 48.9 Å². The molecule has 4 aromatic heterocycles. The summed E-state index contributed by atoms with van der Waals surface area (Å²) in [5.74, 6) is 6.03. The molecule has 0 aliphatic heterocycles. The third kappa shape index (κ3) is 6.34. The van der Waals surface area contributed by atoms with E-state index in [0.29, 0.717) is 22.5 Å². The quantitative estimate of drug-likeness (QED) is 0.262. The van der Waals surface area contributed by atoms with Crippen LogP contribution in [0.1, 0.15) is 50.3 Å². The van der Waals surface area contributed by atoms with Crippen molar-refractivity contribution in [2.45, 2.75) is 47.6 Å². The standard InChI is InChI=1S/C33H34N8O3/c1-19-26-11-9-22(14-23(26)12-13-34-19)8-10-25-15-24(29-30-28(35-18-36-29)20(2)39-40(30)7)16-27(37-25)38-31(42)21(3)41(32(43)44)17-33(4,5)6/h9,11-16,18,21H,17H2,1-7H3,(H,43,44)(H,37,38,42). The second-order valence-electron chi connectivity index (χ2n) is 12.0. The van der Waals surface area contributed by atoms with Crippen LogP contribution in [0.5, 0.6) is 0 Å². The molecule has 2 amide bonds. The van der Waals surface area contributed by atoms with Gasteiger partial charge in [-0.1, -0.05) is 32.8 Å². The minimum absolute atomic E-state index is 0.182. The Labute approximate surface area is 255 Å². The van der Waals surface area contributed by atoms with Gasteiger partial charge in [0.2, 0.25) is 5.91 Å². The van der Waals surface area contributed by atoms with E-state index in [-0.39, 0.29) is 17.8 Å². The van der Waals surface area contributed by atoms with E-state index < -0.39 is 18.0 Å². The molecule has 0 fully saturated rings. The van der Waals surface area contributed by atoms with Gasteiger partial charge in [-0.3, -0.25) is 19.4 Å². The Hall–Kier alpha value is -5.37. The lowest BCUT2D eigenvalue weighted by molar-refractivity contribution is -0.120. The zero-order chi connectivity index (χ0) is 31.8. The fourth-order valence-electron chi connectivity index (χ4n) is 5.08. The third-order valence-electron chi connectivity index (χ3n) is 7.17. The molecule has 0 bridgehead atoms. The van der Waals surface area contributed by atoms with Crippen molar-refractivity contribution in [1.29, 1.82) is 0 Å². The van der Waals surface area contributed by atoms with Crippen LogP contribution in [0.2, 0.25) is 0 Å². The van der Waals surface area contributed by atoms with E-state index in [4.69, 9.17) is 0 Å². The van der Waals surface area contributed by atoms with Gasteiger partial charge >= 0.3 is 6.09 Å². The summed E-state index contributed by atoms with van der Waals surface area (Å²) < 4.78 is 1.72. The monoisotopic (exact) mass is 590 g/mol. The van der Waals surface area contributed by atoms with Gasteiger partial charge in [0.05, 0.1) is 11.4 Å². The van der Waals surface area contributed by atoms with E-state index >= 15 is 0 Å². The molecule has 1 aromatic carbocycles. The highest BCUT2D eigenvalue weighted by molar-refractivity contribution is 5.97. The van der Waals surface area contributed by atoms with Crippen molar-refractivity contribution >= 4 is 39.6 Å². The highest BCUT2D eigenvalue weighted by Gasteiger charge is 2.30. The Morgan fingerprint density at radius 3 is 2.55 bits per heavy atom. The number of carbonyl (C=O) groups is 2. The molecular formula is C33H34N8O3. The molecule has 5 aromatic rings. The average molecular weight is 591 g/mol. The fourth-order valence-corrected chi connectivity index (χ4v) is 5.08. The summed E-state index contributed by atoms with van der Waals surface area (Å²) in [5, 5.41) is 19.2. The molecule has 1 atom stereocenters. The number of anilines is 1. The maximum atomic E-state index is 13.4. The molecule has 0 aliphatic carbocycles. The molecule has 5 rings (SSSR count). The fraction of sp³-hybridized carbons (Fsp3) is 0.303. The maximum absolute atomic E-state index is 13.4. The largest absolute Gasteiger partial charge is 0.465 e. The summed E-state index contributed by atoms with van der Waals surface area (Å²) in [6.07, 6.45) is 2.07. The summed E-state index contributed by atoms with van der Waals surface area (Å²) in [4.78, 5) is 44.4. The summed E-state index contributed by atoms with van der Waals surface area (Å²) in [6.45, 7) is 11.3. The van der Waals surface area contributed by atoms with Gasteiger partial charge in [-0.2, -0.15) is 5.10 Å². The molecule has 0 aliphatic rings. The number of nitrogens with zero attached hydrogens (tertiary/aromatic N) is 7. The highest BCUT2D eigenvalue weighted by Crippen LogP contribution is 2.29. The first-order chi connectivity index (χ1) is 20.8. The maximum Gasteiger partial charge on any atom is 0.407 e. The molecule has 1 unspecified atom stereocenters. The van der Waals surface area contributed by atoms with Crippen molar-refractivity contribution in [2.24, 2.45) is 12.5 Å². The summed E-state index contributed by atoms with van der Waals surface area (Å²) in [5.41, 5.74) is 5.22. The van der Waals surface area contributed by atoms with Gasteiger partial charge in [-0.25, -0.2) is 19.7 Å². The molecule has 0 saturated heterocycles. The lowest BCUT2D eigenvalue weighted by Gasteiger charge is -2.31. The number of benzene rings is 1. The summed E-state index contributed by atoms with van der Waals surface area (Å²) >= 11 is 0. The van der Waals surface area contributed by atoms with Crippen molar-refractivity contribution < 1.29 is 14.7 Å². The number of carbonyl (C=O) groups excluding carboxylic acids is 1. The molecule has 11 heteroatoms. The van der Waals surface area contributed by atoms with Crippen molar-refractivity contribution in [1.82, 2.24) is 34.6 Å². The Morgan fingerprint density at radius 1 is 1.05 bits per heavy atom.